The number of hydrogen-bond acceptors (Lipinski definition) is 5. The fourth-order valence-corrected chi connectivity index (χ4v) is 3.98. The SMILES string of the molecule is CCN(c1ccc(NC(=O)CCC(=O)CCC(=O)c2ccc(C)s2)cc1)C(C)C. The summed E-state index contributed by atoms with van der Waals surface area (Å²) in [6.07, 6.45) is 0.656. The largest absolute Gasteiger partial charge is 0.369 e. The predicted octanol–water partition coefficient (Wildman–Crippen LogP) is 5.24. The van der Waals surface area contributed by atoms with Gasteiger partial charge in [-0.05, 0) is 64.1 Å². The second-order valence-electron chi connectivity index (χ2n) is 7.35. The molecule has 0 aliphatic heterocycles. The zero-order valence-corrected chi connectivity index (χ0v) is 18.5. The molecule has 0 unspecified atom stereocenters. The molecular formula is C23H30N2O3S. The van der Waals surface area contributed by atoms with Gasteiger partial charge in [-0.25, -0.2) is 0 Å². The Hall–Kier alpha value is -2.47. The monoisotopic (exact) mass is 414 g/mol. The second-order valence-corrected chi connectivity index (χ2v) is 8.63. The zero-order valence-electron chi connectivity index (χ0n) is 17.7. The van der Waals surface area contributed by atoms with Gasteiger partial charge in [-0.1, -0.05) is 0 Å². The predicted molar refractivity (Wildman–Crippen MR) is 120 cm³/mol. The van der Waals surface area contributed by atoms with Crippen LogP contribution < -0.4 is 10.2 Å². The standard InChI is InChI=1S/C23H30N2O3S/c1-5-25(16(2)3)19-9-7-18(8-10-19)24-23(28)15-12-20(26)11-13-21(27)22-14-6-17(4)29-22/h6-10,14,16H,5,11-13,15H2,1-4H3,(H,24,28). The van der Waals surface area contributed by atoms with E-state index in [-0.39, 0.29) is 43.2 Å². The Kier molecular flexibility index (Phi) is 8.58. The van der Waals surface area contributed by atoms with E-state index < -0.39 is 0 Å². The fraction of sp³-hybridized carbons (Fsp3) is 0.435. The van der Waals surface area contributed by atoms with Gasteiger partial charge < -0.3 is 10.2 Å². The molecule has 1 aromatic carbocycles. The molecule has 2 aromatic rings. The van der Waals surface area contributed by atoms with E-state index in [0.29, 0.717) is 16.6 Å². The van der Waals surface area contributed by atoms with Gasteiger partial charge in [-0.2, -0.15) is 0 Å². The maximum atomic E-state index is 12.1. The summed E-state index contributed by atoms with van der Waals surface area (Å²) in [5.41, 5.74) is 1.83. The normalized spacial score (nSPS) is 10.8. The van der Waals surface area contributed by atoms with E-state index in [1.807, 2.05) is 37.3 Å². The van der Waals surface area contributed by atoms with Crippen LogP contribution >= 0.6 is 11.3 Å². The Balaban J connectivity index is 1.74. The van der Waals surface area contributed by atoms with Crippen LogP contribution in [0, 0.1) is 6.92 Å². The van der Waals surface area contributed by atoms with Crippen LogP contribution in [0.1, 0.15) is 61.0 Å². The third-order valence-electron chi connectivity index (χ3n) is 4.72. The number of amides is 1. The summed E-state index contributed by atoms with van der Waals surface area (Å²) in [5.74, 6) is -0.265. The quantitative estimate of drug-likeness (QED) is 0.511. The van der Waals surface area contributed by atoms with Crippen molar-refractivity contribution in [2.45, 2.75) is 59.4 Å². The molecule has 1 N–H and O–H groups in total. The van der Waals surface area contributed by atoms with Crippen molar-refractivity contribution in [3.05, 3.63) is 46.2 Å². The smallest absolute Gasteiger partial charge is 0.224 e. The average molecular weight is 415 g/mol. The molecule has 0 spiro atoms. The molecule has 6 heteroatoms. The Bertz CT molecular complexity index is 840. The van der Waals surface area contributed by atoms with E-state index in [0.717, 1.165) is 17.1 Å². The molecule has 0 saturated carbocycles. The second kappa shape index (κ2) is 10.9. The van der Waals surface area contributed by atoms with E-state index in [2.05, 4.69) is 31.0 Å². The Morgan fingerprint density at radius 1 is 0.966 bits per heavy atom. The number of Topliss-reactive ketones (excluding diaryl/α,β-unsaturated/α-hetero) is 2. The molecule has 1 heterocycles. The molecule has 29 heavy (non-hydrogen) atoms. The first-order valence-electron chi connectivity index (χ1n) is 10.1. The number of hydrogen-bond donors (Lipinski definition) is 1. The molecule has 1 aromatic heterocycles. The summed E-state index contributed by atoms with van der Waals surface area (Å²) in [6, 6.07) is 11.8. The molecule has 0 fully saturated rings. The lowest BCUT2D eigenvalue weighted by molar-refractivity contribution is -0.122. The number of carbonyl (C=O) groups is 3. The van der Waals surface area contributed by atoms with Crippen molar-refractivity contribution >= 4 is 40.2 Å². The van der Waals surface area contributed by atoms with E-state index in [1.54, 1.807) is 6.07 Å². The van der Waals surface area contributed by atoms with Crippen molar-refractivity contribution in [3.8, 4) is 0 Å². The summed E-state index contributed by atoms with van der Waals surface area (Å²) in [4.78, 5) is 40.2. The number of carbonyl (C=O) groups excluding carboxylic acids is 3. The van der Waals surface area contributed by atoms with Crippen molar-refractivity contribution in [1.82, 2.24) is 0 Å². The number of anilines is 2. The molecule has 1 amide bonds. The van der Waals surface area contributed by atoms with E-state index >= 15 is 0 Å². The molecule has 0 radical (unpaired) electrons. The van der Waals surface area contributed by atoms with Gasteiger partial charge in [0.1, 0.15) is 5.78 Å². The maximum absolute atomic E-state index is 12.1. The molecule has 2 rings (SSSR count). The summed E-state index contributed by atoms with van der Waals surface area (Å²) >= 11 is 1.44. The summed E-state index contributed by atoms with van der Waals surface area (Å²) in [6.45, 7) is 9.27. The van der Waals surface area contributed by atoms with Crippen LogP contribution in [-0.4, -0.2) is 30.1 Å². The van der Waals surface area contributed by atoms with Crippen LogP contribution in [0.5, 0.6) is 0 Å². The van der Waals surface area contributed by atoms with E-state index in [1.165, 1.54) is 11.3 Å². The third kappa shape index (κ3) is 7.13. The van der Waals surface area contributed by atoms with Gasteiger partial charge in [0.25, 0.3) is 0 Å². The first-order chi connectivity index (χ1) is 13.8. The number of benzene rings is 1. The van der Waals surface area contributed by atoms with E-state index in [4.69, 9.17) is 0 Å². The number of nitrogens with zero attached hydrogens (tertiary/aromatic N) is 1. The first kappa shape index (κ1) is 22.8. The van der Waals surface area contributed by atoms with Gasteiger partial charge in [0.2, 0.25) is 5.91 Å². The molecule has 0 aliphatic carbocycles. The molecule has 0 aliphatic rings. The van der Waals surface area contributed by atoms with Gasteiger partial charge in [0, 0.05) is 54.5 Å². The molecule has 0 bridgehead atoms. The number of nitrogens with one attached hydrogen (secondary N) is 1. The fourth-order valence-electron chi connectivity index (χ4n) is 3.14. The Morgan fingerprint density at radius 3 is 2.17 bits per heavy atom. The number of aryl methyl sites for hydroxylation is 1. The van der Waals surface area contributed by atoms with Crippen LogP contribution in [0.2, 0.25) is 0 Å². The van der Waals surface area contributed by atoms with Crippen molar-refractivity contribution in [1.29, 1.82) is 0 Å². The number of ketones is 2. The van der Waals surface area contributed by atoms with Gasteiger partial charge >= 0.3 is 0 Å². The first-order valence-corrected chi connectivity index (χ1v) is 10.9. The molecule has 0 atom stereocenters. The van der Waals surface area contributed by atoms with Crippen LogP contribution in [0.15, 0.2) is 36.4 Å². The lowest BCUT2D eigenvalue weighted by Gasteiger charge is -2.27. The Morgan fingerprint density at radius 2 is 1.62 bits per heavy atom. The van der Waals surface area contributed by atoms with Crippen LogP contribution in [0.4, 0.5) is 11.4 Å². The highest BCUT2D eigenvalue weighted by molar-refractivity contribution is 7.14. The summed E-state index contributed by atoms with van der Waals surface area (Å²) in [7, 11) is 0. The summed E-state index contributed by atoms with van der Waals surface area (Å²) in [5, 5.41) is 2.83. The molecule has 156 valence electrons. The minimum atomic E-state index is -0.192. The Labute approximate surface area is 177 Å². The van der Waals surface area contributed by atoms with Crippen molar-refractivity contribution < 1.29 is 14.4 Å². The molecule has 0 saturated heterocycles. The highest BCUT2D eigenvalue weighted by atomic mass is 32.1. The van der Waals surface area contributed by atoms with Gasteiger partial charge in [0.15, 0.2) is 5.78 Å². The molecular weight excluding hydrogens is 384 g/mol. The van der Waals surface area contributed by atoms with E-state index in [9.17, 15) is 14.4 Å². The minimum absolute atomic E-state index is 0.0106. The van der Waals surface area contributed by atoms with Crippen LogP contribution in [0.25, 0.3) is 0 Å². The van der Waals surface area contributed by atoms with Crippen LogP contribution in [0.3, 0.4) is 0 Å². The number of rotatable bonds is 11. The van der Waals surface area contributed by atoms with Gasteiger partial charge in [0.05, 0.1) is 4.88 Å². The number of thiophene rings is 1. The van der Waals surface area contributed by atoms with Crippen molar-refractivity contribution in [2.24, 2.45) is 0 Å². The maximum Gasteiger partial charge on any atom is 0.224 e. The van der Waals surface area contributed by atoms with Crippen molar-refractivity contribution in [3.63, 3.8) is 0 Å². The molecule has 5 nitrogen and oxygen atoms in total. The highest BCUT2D eigenvalue weighted by Crippen LogP contribution is 2.20. The average Bonchev–Trinajstić information content (AvgIpc) is 3.12. The lowest BCUT2D eigenvalue weighted by atomic mass is 10.1. The van der Waals surface area contributed by atoms with Crippen LogP contribution in [-0.2, 0) is 9.59 Å². The van der Waals surface area contributed by atoms with Crippen molar-refractivity contribution in [2.75, 3.05) is 16.8 Å². The third-order valence-corrected chi connectivity index (χ3v) is 5.77. The minimum Gasteiger partial charge on any atom is -0.369 e. The zero-order chi connectivity index (χ0) is 21.4. The van der Waals surface area contributed by atoms with Gasteiger partial charge in [-0.15, -0.1) is 11.3 Å². The van der Waals surface area contributed by atoms with Gasteiger partial charge in [-0.3, -0.25) is 14.4 Å². The highest BCUT2D eigenvalue weighted by Gasteiger charge is 2.13. The lowest BCUT2D eigenvalue weighted by Crippen LogP contribution is -2.30. The topological polar surface area (TPSA) is 66.5 Å². The summed E-state index contributed by atoms with van der Waals surface area (Å²) < 4.78 is 0.